The molecule has 0 aliphatic carbocycles. The third kappa shape index (κ3) is 3.36. The molecule has 4 nitrogen and oxygen atoms in total. The van der Waals surface area contributed by atoms with Gasteiger partial charge in [0.1, 0.15) is 18.2 Å². The van der Waals surface area contributed by atoms with Gasteiger partial charge in [0.2, 0.25) is 5.91 Å². The van der Waals surface area contributed by atoms with E-state index in [1.54, 1.807) is 18.2 Å². The molecule has 1 amide bonds. The topological polar surface area (TPSA) is 32.8 Å². The molecule has 26 heavy (non-hydrogen) atoms. The number of benzene rings is 2. The number of piperazine rings is 1. The van der Waals surface area contributed by atoms with Crippen molar-refractivity contribution in [2.24, 2.45) is 5.92 Å². The first-order chi connectivity index (χ1) is 12.6. The molecule has 1 saturated heterocycles. The number of hydrogen-bond donors (Lipinski definition) is 0. The Labute approximate surface area is 157 Å². The van der Waals surface area contributed by atoms with Crippen LogP contribution in [0.15, 0.2) is 42.5 Å². The number of para-hydroxylation sites is 1. The van der Waals surface area contributed by atoms with E-state index in [2.05, 4.69) is 0 Å². The van der Waals surface area contributed by atoms with E-state index < -0.39 is 0 Å². The third-order valence-corrected chi connectivity index (χ3v) is 5.30. The van der Waals surface area contributed by atoms with E-state index in [4.69, 9.17) is 16.3 Å². The summed E-state index contributed by atoms with van der Waals surface area (Å²) in [5.41, 5.74) is 1.58. The Bertz CT molecular complexity index is 821. The lowest BCUT2D eigenvalue weighted by Crippen LogP contribution is -2.51. The first kappa shape index (κ1) is 17.2. The Morgan fingerprint density at radius 2 is 1.88 bits per heavy atom. The summed E-state index contributed by atoms with van der Waals surface area (Å²) in [6.07, 6.45) is 0.641. The summed E-state index contributed by atoms with van der Waals surface area (Å²) >= 11 is 6.05. The van der Waals surface area contributed by atoms with Crippen molar-refractivity contribution in [2.75, 3.05) is 37.7 Å². The van der Waals surface area contributed by atoms with Gasteiger partial charge < -0.3 is 14.5 Å². The Kier molecular flexibility index (Phi) is 4.72. The first-order valence-corrected chi connectivity index (χ1v) is 9.19. The number of rotatable bonds is 2. The van der Waals surface area contributed by atoms with Crippen LogP contribution in [-0.4, -0.2) is 43.6 Å². The zero-order valence-corrected chi connectivity index (χ0v) is 15.1. The van der Waals surface area contributed by atoms with Gasteiger partial charge in [0.25, 0.3) is 0 Å². The lowest BCUT2D eigenvalue weighted by molar-refractivity contribution is -0.137. The highest BCUT2D eigenvalue weighted by Gasteiger charge is 2.31. The summed E-state index contributed by atoms with van der Waals surface area (Å²) in [7, 11) is 0. The van der Waals surface area contributed by atoms with Crippen LogP contribution in [-0.2, 0) is 11.2 Å². The molecule has 0 bridgehead atoms. The van der Waals surface area contributed by atoms with Crippen LogP contribution >= 0.6 is 11.6 Å². The van der Waals surface area contributed by atoms with Gasteiger partial charge in [-0.3, -0.25) is 4.79 Å². The molecule has 2 aliphatic rings. The molecule has 2 aromatic rings. The zero-order chi connectivity index (χ0) is 18.1. The molecule has 0 aromatic heterocycles. The number of carbonyl (C=O) groups is 1. The van der Waals surface area contributed by atoms with Crippen LogP contribution in [0.25, 0.3) is 0 Å². The average Bonchev–Trinajstić information content (AvgIpc) is 2.67. The van der Waals surface area contributed by atoms with Crippen molar-refractivity contribution in [2.45, 2.75) is 6.42 Å². The highest BCUT2D eigenvalue weighted by atomic mass is 35.5. The second-order valence-electron chi connectivity index (χ2n) is 6.73. The predicted octanol–water partition coefficient (Wildman–Crippen LogP) is 3.38. The van der Waals surface area contributed by atoms with Crippen molar-refractivity contribution < 1.29 is 13.9 Å². The van der Waals surface area contributed by atoms with E-state index in [-0.39, 0.29) is 17.6 Å². The molecule has 1 atom stereocenters. The van der Waals surface area contributed by atoms with Crippen LogP contribution in [0.4, 0.5) is 10.1 Å². The largest absolute Gasteiger partial charge is 0.492 e. The van der Waals surface area contributed by atoms with Crippen LogP contribution in [0.2, 0.25) is 5.02 Å². The van der Waals surface area contributed by atoms with E-state index in [0.29, 0.717) is 49.9 Å². The fourth-order valence-corrected chi connectivity index (χ4v) is 3.85. The van der Waals surface area contributed by atoms with Gasteiger partial charge in [-0.2, -0.15) is 0 Å². The second kappa shape index (κ2) is 7.16. The third-order valence-electron chi connectivity index (χ3n) is 5.06. The maximum atomic E-state index is 13.9. The monoisotopic (exact) mass is 374 g/mol. The maximum Gasteiger partial charge on any atom is 0.229 e. The molecule has 2 aromatic carbocycles. The summed E-state index contributed by atoms with van der Waals surface area (Å²) in [4.78, 5) is 16.7. The highest BCUT2D eigenvalue weighted by molar-refractivity contribution is 6.30. The number of anilines is 1. The van der Waals surface area contributed by atoms with Crippen molar-refractivity contribution >= 4 is 23.2 Å². The normalized spacial score (nSPS) is 19.7. The molecule has 0 saturated carbocycles. The van der Waals surface area contributed by atoms with Gasteiger partial charge in [0, 0.05) is 31.2 Å². The van der Waals surface area contributed by atoms with E-state index in [9.17, 15) is 9.18 Å². The van der Waals surface area contributed by atoms with Gasteiger partial charge in [-0.25, -0.2) is 4.39 Å². The number of carbonyl (C=O) groups excluding carboxylic acids is 1. The summed E-state index contributed by atoms with van der Waals surface area (Å²) in [6.45, 7) is 2.82. The Morgan fingerprint density at radius 3 is 2.65 bits per heavy atom. The summed E-state index contributed by atoms with van der Waals surface area (Å²) in [6, 6.07) is 12.3. The molecule has 1 fully saturated rings. The fraction of sp³-hybridized carbons (Fsp3) is 0.350. The van der Waals surface area contributed by atoms with Crippen molar-refractivity contribution in [3.8, 4) is 5.75 Å². The van der Waals surface area contributed by atoms with Crippen molar-refractivity contribution in [1.82, 2.24) is 4.90 Å². The number of nitrogens with zero attached hydrogens (tertiary/aromatic N) is 2. The zero-order valence-electron chi connectivity index (χ0n) is 14.3. The van der Waals surface area contributed by atoms with E-state index in [1.807, 2.05) is 28.0 Å². The van der Waals surface area contributed by atoms with Crippen molar-refractivity contribution in [3.63, 3.8) is 0 Å². The molecular formula is C20H20ClFN2O2. The molecule has 0 N–H and O–H groups in total. The van der Waals surface area contributed by atoms with Crippen LogP contribution in [0.3, 0.4) is 0 Å². The molecule has 136 valence electrons. The second-order valence-corrected chi connectivity index (χ2v) is 7.16. The molecular weight excluding hydrogens is 355 g/mol. The molecule has 6 heteroatoms. The molecule has 4 rings (SSSR count). The summed E-state index contributed by atoms with van der Waals surface area (Å²) in [5.74, 6) is 0.494. The maximum absolute atomic E-state index is 13.9. The lowest BCUT2D eigenvalue weighted by atomic mass is 9.95. The number of hydrogen-bond acceptors (Lipinski definition) is 3. The quantitative estimate of drug-likeness (QED) is 0.808. The van der Waals surface area contributed by atoms with Gasteiger partial charge in [0.15, 0.2) is 0 Å². The predicted molar refractivity (Wildman–Crippen MR) is 99.3 cm³/mol. The Morgan fingerprint density at radius 1 is 1.12 bits per heavy atom. The van der Waals surface area contributed by atoms with Gasteiger partial charge >= 0.3 is 0 Å². The first-order valence-electron chi connectivity index (χ1n) is 8.81. The molecule has 2 heterocycles. The number of amides is 1. The minimum Gasteiger partial charge on any atom is -0.492 e. The van der Waals surface area contributed by atoms with E-state index >= 15 is 0 Å². The highest BCUT2D eigenvalue weighted by Crippen LogP contribution is 2.31. The van der Waals surface area contributed by atoms with Crippen molar-refractivity contribution in [3.05, 3.63) is 58.9 Å². The minimum atomic E-state index is -0.221. The smallest absolute Gasteiger partial charge is 0.229 e. The van der Waals surface area contributed by atoms with Crippen LogP contribution < -0.4 is 9.64 Å². The van der Waals surface area contributed by atoms with Gasteiger partial charge in [-0.05, 0) is 42.3 Å². The van der Waals surface area contributed by atoms with E-state index in [0.717, 1.165) is 11.3 Å². The summed E-state index contributed by atoms with van der Waals surface area (Å²) < 4.78 is 19.7. The van der Waals surface area contributed by atoms with Gasteiger partial charge in [-0.15, -0.1) is 0 Å². The molecule has 1 unspecified atom stereocenters. The number of ether oxygens (including phenoxy) is 1. The van der Waals surface area contributed by atoms with Gasteiger partial charge in [0.05, 0.1) is 11.6 Å². The number of fused-ring (bicyclic) bond motifs is 1. The van der Waals surface area contributed by atoms with Crippen LogP contribution in [0.5, 0.6) is 5.75 Å². The Hall–Kier alpha value is -2.27. The Balaban J connectivity index is 1.39. The minimum absolute atomic E-state index is 0.101. The van der Waals surface area contributed by atoms with E-state index in [1.165, 1.54) is 6.07 Å². The van der Waals surface area contributed by atoms with Crippen LogP contribution in [0.1, 0.15) is 5.56 Å². The number of halogens is 2. The molecule has 0 spiro atoms. The summed E-state index contributed by atoms with van der Waals surface area (Å²) in [5, 5.41) is 0.652. The molecule has 2 aliphatic heterocycles. The lowest BCUT2D eigenvalue weighted by Gasteiger charge is -2.38. The SMILES string of the molecule is O=C(C1COc2ccc(Cl)cc2C1)N1CCN(c2ccccc2F)CC1. The molecule has 0 radical (unpaired) electrons. The van der Waals surface area contributed by atoms with Crippen LogP contribution in [0, 0.1) is 11.7 Å². The van der Waals surface area contributed by atoms with Gasteiger partial charge in [-0.1, -0.05) is 23.7 Å². The van der Waals surface area contributed by atoms with Crippen molar-refractivity contribution in [1.29, 1.82) is 0 Å². The average molecular weight is 375 g/mol. The fourth-order valence-electron chi connectivity index (χ4n) is 3.66. The standard InChI is InChI=1S/C20H20ClFN2O2/c21-16-5-6-19-14(12-16)11-15(13-26-19)20(25)24-9-7-23(8-10-24)18-4-2-1-3-17(18)22/h1-6,12,15H,7-11,13H2.